The average Bonchev–Trinajstić information content (AvgIpc) is 1.89. The third-order valence-corrected chi connectivity index (χ3v) is 2.56. The van der Waals surface area contributed by atoms with Gasteiger partial charge in [-0.3, -0.25) is 4.21 Å². The summed E-state index contributed by atoms with van der Waals surface area (Å²) in [6.45, 7) is 2.57. The monoisotopic (exact) mass is 177 g/mol. The minimum absolute atomic E-state index is 0.552. The van der Waals surface area contributed by atoms with Crippen LogP contribution in [0.3, 0.4) is 0 Å². The predicted molar refractivity (Wildman–Crippen MR) is 48.1 cm³/mol. The molecule has 1 atom stereocenters. The Morgan fingerprint density at radius 2 is 2.30 bits per heavy atom. The molecular formula is C6H11NOS2. The van der Waals surface area contributed by atoms with Gasteiger partial charge in [-0.1, -0.05) is 6.92 Å². The molecular weight excluding hydrogens is 166 g/mol. The summed E-state index contributed by atoms with van der Waals surface area (Å²) in [6, 6.07) is 0. The first kappa shape index (κ1) is 9.95. The van der Waals surface area contributed by atoms with Gasteiger partial charge in [0.1, 0.15) is 0 Å². The van der Waals surface area contributed by atoms with E-state index in [-0.39, 0.29) is 0 Å². The molecule has 0 amide bonds. The van der Waals surface area contributed by atoms with Crippen molar-refractivity contribution in [2.45, 2.75) is 13.3 Å². The second kappa shape index (κ2) is 7.06. The lowest BCUT2D eigenvalue weighted by Gasteiger charge is -1.93. The quantitative estimate of drug-likeness (QED) is 0.467. The van der Waals surface area contributed by atoms with Gasteiger partial charge in [-0.25, -0.2) is 4.99 Å². The van der Waals surface area contributed by atoms with Crippen LogP contribution in [-0.2, 0) is 10.8 Å². The summed E-state index contributed by atoms with van der Waals surface area (Å²) in [7, 11) is -0.702. The number of hydrogen-bond donors (Lipinski definition) is 0. The number of isothiocyanates is 1. The predicted octanol–water partition coefficient (Wildman–Crippen LogP) is 1.25. The largest absolute Gasteiger partial charge is 0.260 e. The molecule has 0 aliphatic heterocycles. The lowest BCUT2D eigenvalue weighted by Crippen LogP contribution is -2.03. The molecule has 0 bridgehead atoms. The van der Waals surface area contributed by atoms with Crippen molar-refractivity contribution in [3.05, 3.63) is 0 Å². The standard InChI is InChI=1S/C6H11NOS2/c1-2-4-10(8)5-3-7-6-9/h2-5H2,1H3. The number of nitrogens with zero attached hydrogens (tertiary/aromatic N) is 1. The van der Waals surface area contributed by atoms with Crippen LogP contribution in [0.1, 0.15) is 13.3 Å². The highest BCUT2D eigenvalue weighted by Crippen LogP contribution is 1.86. The molecule has 4 heteroatoms. The van der Waals surface area contributed by atoms with E-state index in [1.54, 1.807) is 0 Å². The Morgan fingerprint density at radius 3 is 2.80 bits per heavy atom. The van der Waals surface area contributed by atoms with Crippen LogP contribution in [0.2, 0.25) is 0 Å². The molecule has 0 aliphatic rings. The summed E-state index contributed by atoms with van der Waals surface area (Å²) in [5.41, 5.74) is 0. The lowest BCUT2D eigenvalue weighted by atomic mass is 10.6. The van der Waals surface area contributed by atoms with Crippen molar-refractivity contribution >= 4 is 28.2 Å². The van der Waals surface area contributed by atoms with Crippen LogP contribution in [0.25, 0.3) is 0 Å². The van der Waals surface area contributed by atoms with E-state index >= 15 is 0 Å². The Balaban J connectivity index is 3.30. The van der Waals surface area contributed by atoms with Crippen LogP contribution in [0.4, 0.5) is 0 Å². The van der Waals surface area contributed by atoms with Gasteiger partial charge in [-0.2, -0.15) is 0 Å². The fourth-order valence-electron chi connectivity index (χ4n) is 0.523. The van der Waals surface area contributed by atoms with Crippen LogP contribution in [-0.4, -0.2) is 27.4 Å². The summed E-state index contributed by atoms with van der Waals surface area (Å²) in [6.07, 6.45) is 0.966. The third-order valence-electron chi connectivity index (χ3n) is 0.927. The highest BCUT2D eigenvalue weighted by molar-refractivity contribution is 7.85. The van der Waals surface area contributed by atoms with Crippen LogP contribution in [0.15, 0.2) is 4.99 Å². The first-order valence-electron chi connectivity index (χ1n) is 3.20. The fourth-order valence-corrected chi connectivity index (χ4v) is 1.57. The van der Waals surface area contributed by atoms with Gasteiger partial charge in [0.15, 0.2) is 0 Å². The van der Waals surface area contributed by atoms with E-state index in [1.807, 2.05) is 6.92 Å². The van der Waals surface area contributed by atoms with Crippen molar-refractivity contribution in [1.82, 2.24) is 0 Å². The molecule has 0 aliphatic carbocycles. The molecule has 0 aromatic carbocycles. The average molecular weight is 177 g/mol. The highest BCUT2D eigenvalue weighted by Gasteiger charge is 1.94. The van der Waals surface area contributed by atoms with E-state index in [0.29, 0.717) is 12.3 Å². The van der Waals surface area contributed by atoms with Gasteiger partial charge in [-0.15, -0.1) is 0 Å². The summed E-state index contributed by atoms with van der Waals surface area (Å²) in [5.74, 6) is 1.39. The molecule has 0 aromatic rings. The number of aliphatic imine (C=N–C) groups is 1. The van der Waals surface area contributed by atoms with Crippen molar-refractivity contribution < 1.29 is 4.21 Å². The summed E-state index contributed by atoms with van der Waals surface area (Å²) >= 11 is 4.35. The minimum Gasteiger partial charge on any atom is -0.260 e. The van der Waals surface area contributed by atoms with Gasteiger partial charge in [-0.05, 0) is 18.6 Å². The molecule has 0 fully saturated rings. The van der Waals surface area contributed by atoms with E-state index in [1.165, 1.54) is 0 Å². The van der Waals surface area contributed by atoms with Gasteiger partial charge >= 0.3 is 0 Å². The Morgan fingerprint density at radius 1 is 1.60 bits per heavy atom. The molecule has 0 spiro atoms. The topological polar surface area (TPSA) is 29.4 Å². The zero-order valence-electron chi connectivity index (χ0n) is 6.00. The maximum atomic E-state index is 10.9. The van der Waals surface area contributed by atoms with Crippen LogP contribution in [0, 0.1) is 0 Å². The van der Waals surface area contributed by atoms with Gasteiger partial charge in [0.2, 0.25) is 0 Å². The first-order chi connectivity index (χ1) is 4.81. The molecule has 0 aromatic heterocycles. The summed E-state index contributed by atoms with van der Waals surface area (Å²) in [4.78, 5) is 3.67. The Labute approximate surface area is 69.2 Å². The van der Waals surface area contributed by atoms with Crippen molar-refractivity contribution in [3.63, 3.8) is 0 Å². The molecule has 10 heavy (non-hydrogen) atoms. The maximum Gasteiger partial charge on any atom is 0.0608 e. The minimum atomic E-state index is -0.702. The second-order valence-corrected chi connectivity index (χ2v) is 3.70. The molecule has 0 saturated carbocycles. The van der Waals surface area contributed by atoms with E-state index < -0.39 is 10.8 Å². The van der Waals surface area contributed by atoms with E-state index in [0.717, 1.165) is 12.2 Å². The van der Waals surface area contributed by atoms with E-state index in [2.05, 4.69) is 22.4 Å². The van der Waals surface area contributed by atoms with Gasteiger partial charge in [0.25, 0.3) is 0 Å². The van der Waals surface area contributed by atoms with Gasteiger partial charge in [0.05, 0.1) is 11.7 Å². The lowest BCUT2D eigenvalue weighted by molar-refractivity contribution is 0.681. The summed E-state index contributed by atoms with van der Waals surface area (Å²) in [5, 5.41) is 2.24. The molecule has 0 radical (unpaired) electrons. The Bertz CT molecular complexity index is 152. The SMILES string of the molecule is CCCS(=O)CCN=C=S. The Hall–Kier alpha value is -0.0500. The molecule has 58 valence electrons. The molecule has 0 N–H and O–H groups in total. The summed E-state index contributed by atoms with van der Waals surface area (Å²) < 4.78 is 10.9. The van der Waals surface area contributed by atoms with Crippen LogP contribution in [0.5, 0.6) is 0 Å². The normalized spacial score (nSPS) is 12.1. The zero-order chi connectivity index (χ0) is 7.82. The first-order valence-corrected chi connectivity index (χ1v) is 5.09. The Kier molecular flexibility index (Phi) is 7.03. The number of hydrogen-bond acceptors (Lipinski definition) is 3. The number of rotatable bonds is 5. The zero-order valence-corrected chi connectivity index (χ0v) is 7.63. The molecule has 2 nitrogen and oxygen atoms in total. The molecule has 0 saturated heterocycles. The third kappa shape index (κ3) is 6.08. The van der Waals surface area contributed by atoms with E-state index in [4.69, 9.17) is 0 Å². The smallest absolute Gasteiger partial charge is 0.0608 e. The molecule has 0 rings (SSSR count). The van der Waals surface area contributed by atoms with Crippen molar-refractivity contribution in [2.75, 3.05) is 18.1 Å². The molecule has 1 unspecified atom stereocenters. The maximum absolute atomic E-state index is 10.9. The van der Waals surface area contributed by atoms with Crippen molar-refractivity contribution in [3.8, 4) is 0 Å². The highest BCUT2D eigenvalue weighted by atomic mass is 32.2. The second-order valence-electron chi connectivity index (χ2n) is 1.82. The fraction of sp³-hybridized carbons (Fsp3) is 0.833. The van der Waals surface area contributed by atoms with E-state index in [9.17, 15) is 4.21 Å². The van der Waals surface area contributed by atoms with Crippen molar-refractivity contribution in [2.24, 2.45) is 4.99 Å². The van der Waals surface area contributed by atoms with Gasteiger partial charge < -0.3 is 0 Å². The van der Waals surface area contributed by atoms with Crippen molar-refractivity contribution in [1.29, 1.82) is 0 Å². The molecule has 0 heterocycles. The number of thiocarbonyl (C=S) groups is 1. The van der Waals surface area contributed by atoms with Crippen LogP contribution < -0.4 is 0 Å². The van der Waals surface area contributed by atoms with Gasteiger partial charge in [0, 0.05) is 22.3 Å². The van der Waals surface area contributed by atoms with Crippen LogP contribution >= 0.6 is 12.2 Å².